The van der Waals surface area contributed by atoms with Gasteiger partial charge in [0.1, 0.15) is 5.52 Å². The van der Waals surface area contributed by atoms with E-state index in [1.54, 1.807) is 0 Å². The van der Waals surface area contributed by atoms with Gasteiger partial charge in [0.15, 0.2) is 5.65 Å². The van der Waals surface area contributed by atoms with Gasteiger partial charge < -0.3 is 20.1 Å². The van der Waals surface area contributed by atoms with Gasteiger partial charge in [0.2, 0.25) is 0 Å². The first kappa shape index (κ1) is 18.5. The summed E-state index contributed by atoms with van der Waals surface area (Å²) in [6.45, 7) is 0.286. The van der Waals surface area contributed by atoms with Gasteiger partial charge in [-0.05, 0) is 17.7 Å². The highest BCUT2D eigenvalue weighted by atomic mass is 35.5. The van der Waals surface area contributed by atoms with Crippen molar-refractivity contribution in [2.45, 2.75) is 12.6 Å². The van der Waals surface area contributed by atoms with Crippen molar-refractivity contribution < 1.29 is 10.2 Å². The molecule has 3 N–H and O–H groups in total. The number of para-hydroxylation sites is 2. The first-order chi connectivity index (χ1) is 12.2. The number of hydrogen-bond donors (Lipinski definition) is 3. The Labute approximate surface area is 156 Å². The summed E-state index contributed by atoms with van der Waals surface area (Å²) in [5, 5.41) is 22.7. The Morgan fingerprint density at radius 3 is 2.54 bits per heavy atom. The van der Waals surface area contributed by atoms with Crippen LogP contribution in [-0.4, -0.2) is 44.0 Å². The molecule has 26 heavy (non-hydrogen) atoms. The zero-order valence-electron chi connectivity index (χ0n) is 14.4. The second kappa shape index (κ2) is 7.55. The fourth-order valence-corrected chi connectivity index (χ4v) is 3.21. The van der Waals surface area contributed by atoms with E-state index in [4.69, 9.17) is 9.97 Å². The second-order valence-corrected chi connectivity index (χ2v) is 6.20. The molecular weight excluding hydrogens is 352 g/mol. The van der Waals surface area contributed by atoms with E-state index < -0.39 is 0 Å². The summed E-state index contributed by atoms with van der Waals surface area (Å²) in [6, 6.07) is 13.7. The van der Waals surface area contributed by atoms with Crippen LogP contribution in [0.4, 0.5) is 0 Å². The largest absolute Gasteiger partial charge is 0.395 e. The van der Waals surface area contributed by atoms with Crippen LogP contribution in [0.2, 0.25) is 0 Å². The lowest BCUT2D eigenvalue weighted by molar-refractivity contribution is 0.170. The van der Waals surface area contributed by atoms with E-state index in [9.17, 15) is 10.2 Å². The number of benzene rings is 2. The maximum Gasteiger partial charge on any atom is 0.160 e. The maximum atomic E-state index is 9.22. The molecule has 6 nitrogen and oxygen atoms in total. The molecule has 0 fully saturated rings. The Balaban J connectivity index is 0.00000196. The van der Waals surface area contributed by atoms with Gasteiger partial charge in [0.25, 0.3) is 0 Å². The van der Waals surface area contributed by atoms with E-state index in [2.05, 4.69) is 22.0 Å². The van der Waals surface area contributed by atoms with Gasteiger partial charge in [0.05, 0.1) is 35.8 Å². The summed E-state index contributed by atoms with van der Waals surface area (Å²) in [5.74, 6) is 0. The van der Waals surface area contributed by atoms with Crippen LogP contribution in [0.1, 0.15) is 5.56 Å². The SMILES string of the molecule is Cl.Cn1c2ccccc2c2nc3cccc(CNC(CO)CO)c3nc21. The van der Waals surface area contributed by atoms with Gasteiger partial charge in [-0.25, -0.2) is 9.97 Å². The number of fused-ring (bicyclic) bond motifs is 4. The minimum Gasteiger partial charge on any atom is -0.395 e. The van der Waals surface area contributed by atoms with E-state index in [-0.39, 0.29) is 31.7 Å². The second-order valence-electron chi connectivity index (χ2n) is 6.20. The van der Waals surface area contributed by atoms with E-state index in [1.165, 1.54) is 0 Å². The number of nitrogens with one attached hydrogen (secondary N) is 1. The van der Waals surface area contributed by atoms with E-state index in [1.807, 2.05) is 37.4 Å². The van der Waals surface area contributed by atoms with Crippen molar-refractivity contribution in [3.8, 4) is 0 Å². The summed E-state index contributed by atoms with van der Waals surface area (Å²) in [4.78, 5) is 9.72. The number of aliphatic hydroxyl groups is 2. The Kier molecular flexibility index (Phi) is 5.38. The van der Waals surface area contributed by atoms with Crippen molar-refractivity contribution >= 4 is 45.5 Å². The zero-order chi connectivity index (χ0) is 17.4. The van der Waals surface area contributed by atoms with E-state index in [0.29, 0.717) is 6.54 Å². The fourth-order valence-electron chi connectivity index (χ4n) is 3.21. The molecule has 0 bridgehead atoms. The van der Waals surface area contributed by atoms with Gasteiger partial charge in [-0.3, -0.25) is 0 Å². The molecule has 0 saturated carbocycles. The number of aromatic nitrogens is 3. The molecule has 0 unspecified atom stereocenters. The monoisotopic (exact) mass is 372 g/mol. The number of aliphatic hydroxyl groups excluding tert-OH is 2. The van der Waals surface area contributed by atoms with Crippen LogP contribution in [0.15, 0.2) is 42.5 Å². The van der Waals surface area contributed by atoms with Crippen molar-refractivity contribution in [1.82, 2.24) is 19.9 Å². The Bertz CT molecular complexity index is 1060. The topological polar surface area (TPSA) is 83.2 Å². The third kappa shape index (κ3) is 3.01. The third-order valence-corrected chi connectivity index (χ3v) is 4.62. The Morgan fingerprint density at radius 2 is 1.77 bits per heavy atom. The lowest BCUT2D eigenvalue weighted by Crippen LogP contribution is -2.35. The molecule has 0 radical (unpaired) electrons. The Hall–Kier alpha value is -2.25. The molecule has 136 valence electrons. The van der Waals surface area contributed by atoms with Gasteiger partial charge in [-0.15, -0.1) is 12.4 Å². The number of aryl methyl sites for hydroxylation is 1. The predicted molar refractivity (Wildman–Crippen MR) is 106 cm³/mol. The summed E-state index contributed by atoms with van der Waals surface area (Å²) >= 11 is 0. The van der Waals surface area contributed by atoms with Gasteiger partial charge >= 0.3 is 0 Å². The lowest BCUT2D eigenvalue weighted by Gasteiger charge is -2.14. The number of rotatable bonds is 5. The number of hydrogen-bond acceptors (Lipinski definition) is 5. The average molecular weight is 373 g/mol. The zero-order valence-corrected chi connectivity index (χ0v) is 15.2. The number of halogens is 1. The minimum absolute atomic E-state index is 0. The predicted octanol–water partition coefficient (Wildman–Crippen LogP) is 2.14. The maximum absolute atomic E-state index is 9.22. The first-order valence-corrected chi connectivity index (χ1v) is 8.30. The molecule has 2 aromatic carbocycles. The van der Waals surface area contributed by atoms with Crippen molar-refractivity contribution in [2.24, 2.45) is 7.05 Å². The molecule has 4 rings (SSSR count). The molecule has 0 aliphatic heterocycles. The van der Waals surface area contributed by atoms with Crippen LogP contribution in [0, 0.1) is 0 Å². The summed E-state index contributed by atoms with van der Waals surface area (Å²) in [7, 11) is 2.00. The van der Waals surface area contributed by atoms with Crippen molar-refractivity contribution in [1.29, 1.82) is 0 Å². The third-order valence-electron chi connectivity index (χ3n) is 4.62. The Morgan fingerprint density at radius 1 is 1.00 bits per heavy atom. The molecule has 0 spiro atoms. The standard InChI is InChI=1S/C19H20N4O2.ClH/c1-23-16-8-3-2-6-14(16)18-19(23)22-17-12(5-4-7-15(17)21-18)9-20-13(10-24)11-25;/h2-8,13,20,24-25H,9-11H2,1H3;1H. The van der Waals surface area contributed by atoms with Crippen LogP contribution < -0.4 is 5.32 Å². The molecule has 0 atom stereocenters. The average Bonchev–Trinajstić information content (AvgIpc) is 2.93. The molecule has 7 heteroatoms. The van der Waals surface area contributed by atoms with E-state index >= 15 is 0 Å². The van der Waals surface area contributed by atoms with Gasteiger partial charge in [-0.1, -0.05) is 30.3 Å². The van der Waals surface area contributed by atoms with Crippen molar-refractivity contribution in [3.05, 3.63) is 48.0 Å². The molecule has 0 saturated heterocycles. The molecule has 0 aliphatic carbocycles. The first-order valence-electron chi connectivity index (χ1n) is 8.30. The molecule has 2 heterocycles. The van der Waals surface area contributed by atoms with Crippen LogP contribution in [0.5, 0.6) is 0 Å². The van der Waals surface area contributed by atoms with Crippen LogP contribution in [0.25, 0.3) is 33.1 Å². The van der Waals surface area contributed by atoms with Crippen molar-refractivity contribution in [3.63, 3.8) is 0 Å². The molecule has 4 aromatic rings. The fraction of sp³-hybridized carbons (Fsp3) is 0.263. The smallest absolute Gasteiger partial charge is 0.160 e. The van der Waals surface area contributed by atoms with Gasteiger partial charge in [-0.2, -0.15) is 0 Å². The molecule has 2 aromatic heterocycles. The summed E-state index contributed by atoms with van der Waals surface area (Å²) < 4.78 is 2.06. The lowest BCUT2D eigenvalue weighted by atomic mass is 10.1. The van der Waals surface area contributed by atoms with E-state index in [0.717, 1.165) is 38.7 Å². The number of nitrogens with zero attached hydrogens (tertiary/aromatic N) is 3. The molecule has 0 aliphatic rings. The van der Waals surface area contributed by atoms with Gasteiger partial charge in [0, 0.05) is 19.0 Å². The molecule has 0 amide bonds. The normalized spacial score (nSPS) is 11.5. The molecular formula is C19H21ClN4O2. The van der Waals surface area contributed by atoms with Crippen LogP contribution >= 0.6 is 12.4 Å². The summed E-state index contributed by atoms with van der Waals surface area (Å²) in [5.41, 5.74) is 5.52. The highest BCUT2D eigenvalue weighted by molar-refractivity contribution is 6.06. The van der Waals surface area contributed by atoms with Crippen LogP contribution in [0.3, 0.4) is 0 Å². The minimum atomic E-state index is -0.343. The highest BCUT2D eigenvalue weighted by Gasteiger charge is 2.14. The summed E-state index contributed by atoms with van der Waals surface area (Å²) in [6.07, 6.45) is 0. The quantitative estimate of drug-likeness (QED) is 0.500. The van der Waals surface area contributed by atoms with Crippen LogP contribution in [-0.2, 0) is 13.6 Å². The highest BCUT2D eigenvalue weighted by Crippen LogP contribution is 2.27. The van der Waals surface area contributed by atoms with Crippen molar-refractivity contribution in [2.75, 3.05) is 13.2 Å².